The Bertz CT molecular complexity index is 510. The first-order valence-electron chi connectivity index (χ1n) is 6.19. The van der Waals surface area contributed by atoms with E-state index in [0.29, 0.717) is 5.92 Å². The smallest absolute Gasteiger partial charge is 0.107 e. The fourth-order valence-corrected chi connectivity index (χ4v) is 1.80. The van der Waals surface area contributed by atoms with Gasteiger partial charge in [0.1, 0.15) is 5.69 Å². The molecule has 6 nitrogen and oxygen atoms in total. The van der Waals surface area contributed by atoms with Gasteiger partial charge in [-0.15, -0.1) is 5.10 Å². The van der Waals surface area contributed by atoms with Crippen molar-refractivity contribution in [3.8, 4) is 5.69 Å². The molecule has 0 amide bonds. The molecule has 0 saturated heterocycles. The van der Waals surface area contributed by atoms with Crippen LogP contribution in [0.15, 0.2) is 12.4 Å². The zero-order valence-electron chi connectivity index (χ0n) is 11.4. The van der Waals surface area contributed by atoms with E-state index >= 15 is 0 Å². The van der Waals surface area contributed by atoms with E-state index in [2.05, 4.69) is 34.6 Å². The average Bonchev–Trinajstić information content (AvgIpc) is 2.85. The minimum atomic E-state index is 0.639. The molecule has 2 rings (SSSR count). The number of aryl methyl sites for hydroxylation is 2. The lowest BCUT2D eigenvalue weighted by Gasteiger charge is -2.04. The zero-order chi connectivity index (χ0) is 13.1. The van der Waals surface area contributed by atoms with Crippen LogP contribution in [0.1, 0.15) is 25.2 Å². The molecule has 2 aromatic heterocycles. The van der Waals surface area contributed by atoms with Crippen molar-refractivity contribution in [3.63, 3.8) is 0 Å². The summed E-state index contributed by atoms with van der Waals surface area (Å²) in [7, 11) is 1.90. The van der Waals surface area contributed by atoms with Crippen molar-refractivity contribution in [3.05, 3.63) is 23.8 Å². The van der Waals surface area contributed by atoms with Crippen molar-refractivity contribution < 1.29 is 0 Å². The minimum absolute atomic E-state index is 0.639. The Labute approximate surface area is 107 Å². The Hall–Kier alpha value is -1.69. The van der Waals surface area contributed by atoms with Gasteiger partial charge in [0.2, 0.25) is 0 Å². The molecule has 98 valence electrons. The molecular formula is C12H20N6. The van der Waals surface area contributed by atoms with E-state index in [4.69, 9.17) is 0 Å². The highest BCUT2D eigenvalue weighted by atomic mass is 15.4. The first-order chi connectivity index (χ1) is 8.56. The molecule has 0 aliphatic carbocycles. The second-order valence-corrected chi connectivity index (χ2v) is 4.95. The first-order valence-corrected chi connectivity index (χ1v) is 6.19. The molecule has 6 heteroatoms. The van der Waals surface area contributed by atoms with Crippen LogP contribution in [0.3, 0.4) is 0 Å². The molecule has 0 spiro atoms. The van der Waals surface area contributed by atoms with Gasteiger partial charge in [0.15, 0.2) is 0 Å². The lowest BCUT2D eigenvalue weighted by Crippen LogP contribution is -2.19. The first kappa shape index (κ1) is 12.8. The van der Waals surface area contributed by atoms with E-state index in [1.165, 1.54) is 0 Å². The molecular weight excluding hydrogens is 228 g/mol. The van der Waals surface area contributed by atoms with E-state index in [1.54, 1.807) is 9.36 Å². The highest BCUT2D eigenvalue weighted by Crippen LogP contribution is 2.10. The van der Waals surface area contributed by atoms with Crippen molar-refractivity contribution >= 4 is 0 Å². The zero-order valence-corrected chi connectivity index (χ0v) is 11.4. The van der Waals surface area contributed by atoms with Gasteiger partial charge < -0.3 is 5.32 Å². The van der Waals surface area contributed by atoms with Gasteiger partial charge >= 0.3 is 0 Å². The van der Waals surface area contributed by atoms with E-state index < -0.39 is 0 Å². The summed E-state index contributed by atoms with van der Waals surface area (Å²) in [4.78, 5) is 0. The van der Waals surface area contributed by atoms with Gasteiger partial charge in [-0.25, -0.2) is 4.68 Å². The lowest BCUT2D eigenvalue weighted by molar-refractivity contribution is 0.548. The number of hydrogen-bond donors (Lipinski definition) is 1. The van der Waals surface area contributed by atoms with Crippen LogP contribution in [-0.4, -0.2) is 31.3 Å². The van der Waals surface area contributed by atoms with Crippen molar-refractivity contribution in [2.75, 3.05) is 6.54 Å². The normalized spacial score (nSPS) is 11.4. The number of aromatic nitrogens is 5. The van der Waals surface area contributed by atoms with Crippen LogP contribution in [0.5, 0.6) is 0 Å². The molecule has 2 aromatic rings. The Morgan fingerprint density at radius 2 is 2.11 bits per heavy atom. The fourth-order valence-electron chi connectivity index (χ4n) is 1.80. The maximum absolute atomic E-state index is 4.29. The van der Waals surface area contributed by atoms with E-state index in [0.717, 1.165) is 30.2 Å². The number of rotatable bonds is 5. The topological polar surface area (TPSA) is 60.6 Å². The van der Waals surface area contributed by atoms with Crippen molar-refractivity contribution in [1.29, 1.82) is 0 Å². The molecule has 0 saturated carbocycles. The minimum Gasteiger partial charge on any atom is -0.311 e. The molecule has 1 N–H and O–H groups in total. The van der Waals surface area contributed by atoms with Crippen LogP contribution in [0.25, 0.3) is 5.69 Å². The van der Waals surface area contributed by atoms with Crippen molar-refractivity contribution in [1.82, 2.24) is 30.1 Å². The predicted octanol–water partition coefficient (Wildman–Crippen LogP) is 1.05. The molecule has 2 heterocycles. The summed E-state index contributed by atoms with van der Waals surface area (Å²) in [5, 5.41) is 15.9. The molecule has 0 unspecified atom stereocenters. The molecule has 0 aliphatic heterocycles. The Morgan fingerprint density at radius 3 is 2.72 bits per heavy atom. The molecule has 0 fully saturated rings. The van der Waals surface area contributed by atoms with Crippen LogP contribution in [0, 0.1) is 12.8 Å². The SMILES string of the molecule is Cc1nn(C)cc1-n1cc(CNCC(C)C)nn1. The molecule has 18 heavy (non-hydrogen) atoms. The van der Waals surface area contributed by atoms with Crippen LogP contribution in [0.4, 0.5) is 0 Å². The van der Waals surface area contributed by atoms with Crippen LogP contribution >= 0.6 is 0 Å². The van der Waals surface area contributed by atoms with Crippen molar-refractivity contribution in [2.45, 2.75) is 27.3 Å². The third kappa shape index (κ3) is 2.95. The van der Waals surface area contributed by atoms with Gasteiger partial charge in [-0.2, -0.15) is 5.10 Å². The Balaban J connectivity index is 2.04. The third-order valence-electron chi connectivity index (χ3n) is 2.63. The van der Waals surface area contributed by atoms with E-state index in [1.807, 2.05) is 26.4 Å². The van der Waals surface area contributed by atoms with Crippen LogP contribution in [-0.2, 0) is 13.6 Å². The highest BCUT2D eigenvalue weighted by Gasteiger charge is 2.08. The van der Waals surface area contributed by atoms with E-state index in [-0.39, 0.29) is 0 Å². The van der Waals surface area contributed by atoms with Gasteiger partial charge in [-0.05, 0) is 19.4 Å². The van der Waals surface area contributed by atoms with Crippen LogP contribution in [0.2, 0.25) is 0 Å². The molecule has 0 radical (unpaired) electrons. The van der Waals surface area contributed by atoms with Gasteiger partial charge in [0, 0.05) is 13.6 Å². The molecule has 0 bridgehead atoms. The molecule has 0 aromatic carbocycles. The van der Waals surface area contributed by atoms with Gasteiger partial charge in [0.05, 0.1) is 23.8 Å². The summed E-state index contributed by atoms with van der Waals surface area (Å²) in [6, 6.07) is 0. The second kappa shape index (κ2) is 5.30. The fraction of sp³-hybridized carbons (Fsp3) is 0.583. The predicted molar refractivity (Wildman–Crippen MR) is 69.4 cm³/mol. The summed E-state index contributed by atoms with van der Waals surface area (Å²) in [5.41, 5.74) is 2.86. The standard InChI is InChI=1S/C12H20N6/c1-9(2)5-13-6-11-7-18(16-14-11)12-8-17(4)15-10(12)3/h7-9,13H,5-6H2,1-4H3. The summed E-state index contributed by atoms with van der Waals surface area (Å²) >= 11 is 0. The molecule has 0 atom stereocenters. The lowest BCUT2D eigenvalue weighted by atomic mass is 10.2. The average molecular weight is 248 g/mol. The second-order valence-electron chi connectivity index (χ2n) is 4.95. The van der Waals surface area contributed by atoms with Crippen LogP contribution < -0.4 is 5.32 Å². The summed E-state index contributed by atoms with van der Waals surface area (Å²) < 4.78 is 3.55. The monoisotopic (exact) mass is 248 g/mol. The van der Waals surface area contributed by atoms with Gasteiger partial charge in [0.25, 0.3) is 0 Å². The van der Waals surface area contributed by atoms with E-state index in [9.17, 15) is 0 Å². The number of nitrogens with one attached hydrogen (secondary N) is 1. The maximum Gasteiger partial charge on any atom is 0.107 e. The summed E-state index contributed by atoms with van der Waals surface area (Å²) in [6.45, 7) is 8.07. The van der Waals surface area contributed by atoms with Gasteiger partial charge in [-0.1, -0.05) is 19.1 Å². The Morgan fingerprint density at radius 1 is 1.33 bits per heavy atom. The quantitative estimate of drug-likeness (QED) is 0.859. The Kier molecular flexibility index (Phi) is 3.76. The van der Waals surface area contributed by atoms with Gasteiger partial charge in [-0.3, -0.25) is 4.68 Å². The number of hydrogen-bond acceptors (Lipinski definition) is 4. The number of nitrogens with zero attached hydrogens (tertiary/aromatic N) is 5. The summed E-state index contributed by atoms with van der Waals surface area (Å²) in [5.74, 6) is 0.639. The van der Waals surface area contributed by atoms with Crippen molar-refractivity contribution in [2.24, 2.45) is 13.0 Å². The summed E-state index contributed by atoms with van der Waals surface area (Å²) in [6.07, 6.45) is 3.88. The largest absolute Gasteiger partial charge is 0.311 e. The maximum atomic E-state index is 4.29. The third-order valence-corrected chi connectivity index (χ3v) is 2.63. The molecule has 0 aliphatic rings. The highest BCUT2D eigenvalue weighted by molar-refractivity contribution is 5.32.